The molecule has 7 nitrogen and oxygen atoms in total. The predicted molar refractivity (Wildman–Crippen MR) is 92.4 cm³/mol. The van der Waals surface area contributed by atoms with Crippen molar-refractivity contribution in [1.29, 1.82) is 0 Å². The smallest absolute Gasteiger partial charge is 0.233 e. The Hall–Kier alpha value is -2.09. The van der Waals surface area contributed by atoms with E-state index in [9.17, 15) is 0 Å². The van der Waals surface area contributed by atoms with E-state index in [0.717, 1.165) is 16.6 Å². The van der Waals surface area contributed by atoms with E-state index in [1.165, 1.54) is 25.7 Å². The summed E-state index contributed by atoms with van der Waals surface area (Å²) in [6.07, 6.45) is 17.0. The quantitative estimate of drug-likeness (QED) is 0.396. The summed E-state index contributed by atoms with van der Waals surface area (Å²) in [5.74, 6) is 1.14. The molecule has 0 bridgehead atoms. The third kappa shape index (κ3) is 3.63. The maximum atomic E-state index is 4.32. The minimum atomic E-state index is 0. The zero-order chi connectivity index (χ0) is 16.4. The molecule has 8 heteroatoms. The van der Waals surface area contributed by atoms with Crippen molar-refractivity contribution < 1.29 is 25.8 Å². The van der Waals surface area contributed by atoms with Crippen LogP contribution < -0.4 is 0 Å². The van der Waals surface area contributed by atoms with Crippen molar-refractivity contribution >= 4 is 17.2 Å². The van der Waals surface area contributed by atoms with E-state index < -0.39 is 0 Å². The number of fused-ring (bicyclic) bond motifs is 2. The number of hydrogen-bond acceptors (Lipinski definition) is 4. The van der Waals surface area contributed by atoms with Gasteiger partial charge in [0.25, 0.3) is 0 Å². The summed E-state index contributed by atoms with van der Waals surface area (Å²) in [6.45, 7) is 0. The summed E-state index contributed by atoms with van der Waals surface area (Å²) >= 11 is 0. The molecule has 1 aliphatic rings. The second-order valence-corrected chi connectivity index (χ2v) is 5.73. The van der Waals surface area contributed by atoms with Gasteiger partial charge in [-0.15, -0.1) is 0 Å². The minimum Gasteiger partial charge on any atom is -0.396 e. The van der Waals surface area contributed by atoms with Gasteiger partial charge in [-0.1, -0.05) is 25.7 Å². The molecule has 5 rings (SSSR count). The van der Waals surface area contributed by atoms with Crippen LogP contribution in [0.4, 0.5) is 5.95 Å². The average molecular weight is 499 g/mol. The van der Waals surface area contributed by atoms with Gasteiger partial charge in [-0.2, -0.15) is 0 Å². The molecule has 25 heavy (non-hydrogen) atoms. The fraction of sp³-hybridized carbons (Fsp3) is 0.294. The van der Waals surface area contributed by atoms with Gasteiger partial charge in [-0.25, -0.2) is 9.97 Å². The Balaban J connectivity index is 0.000000323. The maximum absolute atomic E-state index is 4.32. The molecule has 1 aliphatic carbocycles. The first-order valence-electron chi connectivity index (χ1n) is 8.08. The van der Waals surface area contributed by atoms with Crippen molar-refractivity contribution in [2.45, 2.75) is 25.7 Å². The molecule has 0 N–H and O–H groups in total. The van der Waals surface area contributed by atoms with Crippen LogP contribution in [0.1, 0.15) is 25.7 Å². The molecule has 0 atom stereocenters. The van der Waals surface area contributed by atoms with Crippen molar-refractivity contribution in [3.63, 3.8) is 0 Å². The van der Waals surface area contributed by atoms with Gasteiger partial charge in [0, 0.05) is 73.9 Å². The summed E-state index contributed by atoms with van der Waals surface area (Å²) in [7, 11) is 1.67. The molecule has 4 aromatic rings. The third-order valence-corrected chi connectivity index (χ3v) is 4.16. The number of imidazole rings is 1. The molecule has 0 unspecified atom stereocenters. The first-order chi connectivity index (χ1) is 11.8. The van der Waals surface area contributed by atoms with E-state index >= 15 is 0 Å². The molecular weight excluding hydrogens is 481 g/mol. The van der Waals surface area contributed by atoms with Gasteiger partial charge in [0.1, 0.15) is 0 Å². The maximum Gasteiger partial charge on any atom is 0.233 e. The van der Waals surface area contributed by atoms with Crippen LogP contribution in [0.5, 0.6) is 0 Å². The molecule has 4 aromatic heterocycles. The van der Waals surface area contributed by atoms with Gasteiger partial charge in [0.15, 0.2) is 0 Å². The molecule has 0 amide bonds. The van der Waals surface area contributed by atoms with E-state index in [0.29, 0.717) is 11.7 Å². The average Bonchev–Trinajstić information content (AvgIpc) is 3.18. The Kier molecular flexibility index (Phi) is 5.57. The molecule has 1 fully saturated rings. The van der Waals surface area contributed by atoms with Crippen LogP contribution in [-0.4, -0.2) is 36.0 Å². The van der Waals surface area contributed by atoms with Crippen LogP contribution in [-0.2, 0) is 25.8 Å². The SMILES string of the molecule is C1CCC1.C[N-]c1ncc2c(-c3cnc4nccn4c3)ccn2n1.[Hf]. The normalized spacial score (nSPS) is 12.8. The first-order valence-corrected chi connectivity index (χ1v) is 8.08. The molecule has 0 spiro atoms. The Morgan fingerprint density at radius 1 is 1.00 bits per heavy atom. The molecule has 0 aromatic carbocycles. The van der Waals surface area contributed by atoms with E-state index in [4.69, 9.17) is 0 Å². The van der Waals surface area contributed by atoms with E-state index in [-0.39, 0.29) is 25.8 Å². The summed E-state index contributed by atoms with van der Waals surface area (Å²) < 4.78 is 3.65. The molecule has 126 valence electrons. The van der Waals surface area contributed by atoms with Gasteiger partial charge >= 0.3 is 0 Å². The molecular formula is C17H18HfN7-. The molecule has 0 radical (unpaired) electrons. The summed E-state index contributed by atoms with van der Waals surface area (Å²) in [5, 5.41) is 8.26. The van der Waals surface area contributed by atoms with E-state index in [2.05, 4.69) is 25.4 Å². The summed E-state index contributed by atoms with van der Waals surface area (Å²) in [5.41, 5.74) is 2.93. The second kappa shape index (κ2) is 7.86. The number of rotatable bonds is 2. The van der Waals surface area contributed by atoms with Crippen molar-refractivity contribution in [3.05, 3.63) is 48.6 Å². The molecule has 0 saturated heterocycles. The zero-order valence-corrected chi connectivity index (χ0v) is 17.6. The predicted octanol–water partition coefficient (Wildman–Crippen LogP) is 3.63. The first kappa shape index (κ1) is 17.7. The Labute approximate surface area is 164 Å². The Morgan fingerprint density at radius 3 is 2.52 bits per heavy atom. The molecule has 1 saturated carbocycles. The van der Waals surface area contributed by atoms with E-state index in [1.807, 2.05) is 29.1 Å². The minimum absolute atomic E-state index is 0. The third-order valence-electron chi connectivity index (χ3n) is 4.16. The van der Waals surface area contributed by atoms with Crippen LogP contribution >= 0.6 is 0 Å². The van der Waals surface area contributed by atoms with Gasteiger partial charge < -0.3 is 10.3 Å². The fourth-order valence-electron chi connectivity index (χ4n) is 2.44. The largest absolute Gasteiger partial charge is 0.396 e. The topological polar surface area (TPSA) is 74.5 Å². The van der Waals surface area contributed by atoms with E-state index in [1.54, 1.807) is 30.2 Å². The van der Waals surface area contributed by atoms with Gasteiger partial charge in [-0.3, -0.25) is 14.0 Å². The second-order valence-electron chi connectivity index (χ2n) is 5.73. The number of hydrogen-bond donors (Lipinski definition) is 0. The van der Waals surface area contributed by atoms with Crippen molar-refractivity contribution in [1.82, 2.24) is 29.0 Å². The summed E-state index contributed by atoms with van der Waals surface area (Å²) in [6, 6.07) is 1.99. The molecule has 4 heterocycles. The van der Waals surface area contributed by atoms with Crippen LogP contribution in [0.2, 0.25) is 0 Å². The Morgan fingerprint density at radius 2 is 1.80 bits per heavy atom. The van der Waals surface area contributed by atoms with Crippen LogP contribution in [0, 0.1) is 0 Å². The molecule has 0 aliphatic heterocycles. The van der Waals surface area contributed by atoms with Crippen molar-refractivity contribution in [2.24, 2.45) is 0 Å². The summed E-state index contributed by atoms with van der Waals surface area (Å²) in [4.78, 5) is 12.7. The monoisotopic (exact) mass is 500 g/mol. The number of aromatic nitrogens is 6. The van der Waals surface area contributed by atoms with Crippen molar-refractivity contribution in [2.75, 3.05) is 7.05 Å². The van der Waals surface area contributed by atoms with Gasteiger partial charge in [0.05, 0.1) is 5.52 Å². The van der Waals surface area contributed by atoms with Crippen LogP contribution in [0.3, 0.4) is 0 Å². The van der Waals surface area contributed by atoms with Crippen LogP contribution in [0.25, 0.3) is 27.7 Å². The van der Waals surface area contributed by atoms with Gasteiger partial charge in [0.2, 0.25) is 5.78 Å². The standard InChI is InChI=1S/C13H10N7.C4H8.Hf/c1-14-12-16-7-11-10(2-4-20(11)18-12)9-6-17-13-15-3-5-19(13)8-9;1-2-4-3-1;/h2-8H,1H3;1-4H2;/q-1;;. The number of nitrogens with zero attached hydrogens (tertiary/aromatic N) is 7. The Bertz CT molecular complexity index is 967. The van der Waals surface area contributed by atoms with Gasteiger partial charge in [-0.05, 0) is 19.3 Å². The zero-order valence-electron chi connectivity index (χ0n) is 14.0. The van der Waals surface area contributed by atoms with Crippen molar-refractivity contribution in [3.8, 4) is 11.1 Å². The van der Waals surface area contributed by atoms with Crippen LogP contribution in [0.15, 0.2) is 43.2 Å². The fourth-order valence-corrected chi connectivity index (χ4v) is 2.44.